The van der Waals surface area contributed by atoms with Crippen LogP contribution < -0.4 is 4.74 Å². The van der Waals surface area contributed by atoms with Crippen molar-refractivity contribution in [3.05, 3.63) is 71.6 Å². The van der Waals surface area contributed by atoms with Gasteiger partial charge in [-0.1, -0.05) is 12.1 Å². The van der Waals surface area contributed by atoms with E-state index >= 15 is 0 Å². The summed E-state index contributed by atoms with van der Waals surface area (Å²) in [6.07, 6.45) is 4.48. The van der Waals surface area contributed by atoms with Gasteiger partial charge in [-0.05, 0) is 60.9 Å². The summed E-state index contributed by atoms with van der Waals surface area (Å²) in [5, 5.41) is 0. The van der Waals surface area contributed by atoms with Gasteiger partial charge in [0.2, 0.25) is 5.91 Å². The van der Waals surface area contributed by atoms with Crippen LogP contribution in [0.1, 0.15) is 28.8 Å². The molecular formula is C22H22FNO3. The Balaban J connectivity index is 1.53. The normalized spacial score (nSPS) is 15.1. The summed E-state index contributed by atoms with van der Waals surface area (Å²) in [5.74, 6) is 0.381. The molecule has 0 N–H and O–H groups in total. The van der Waals surface area contributed by atoms with Crippen molar-refractivity contribution in [2.75, 3.05) is 20.2 Å². The highest BCUT2D eigenvalue weighted by Crippen LogP contribution is 2.23. The summed E-state index contributed by atoms with van der Waals surface area (Å²) in [6, 6.07) is 13.1. The standard InChI is InChI=1S/C22H22FNO3/c1-27-20-9-5-17(6-10-20)22(26)18-12-14-24(15-13-18)21(25)11-4-16-2-7-19(23)8-3-16/h2-11,18H,12-15H2,1H3/b11-4+. The molecule has 1 fully saturated rings. The first-order valence-corrected chi connectivity index (χ1v) is 8.97. The van der Waals surface area contributed by atoms with Gasteiger partial charge in [-0.2, -0.15) is 0 Å². The Bertz CT molecular complexity index is 820. The molecule has 0 spiro atoms. The fourth-order valence-corrected chi connectivity index (χ4v) is 3.20. The molecule has 0 aromatic heterocycles. The van der Waals surface area contributed by atoms with Gasteiger partial charge in [-0.25, -0.2) is 4.39 Å². The maximum absolute atomic E-state index is 12.9. The maximum atomic E-state index is 12.9. The predicted octanol–water partition coefficient (Wildman–Crippen LogP) is 3.97. The third kappa shape index (κ3) is 4.82. The van der Waals surface area contributed by atoms with Crippen LogP contribution in [0.15, 0.2) is 54.6 Å². The summed E-state index contributed by atoms with van der Waals surface area (Å²) in [7, 11) is 1.59. The number of benzene rings is 2. The van der Waals surface area contributed by atoms with Crippen LogP contribution in [0.2, 0.25) is 0 Å². The van der Waals surface area contributed by atoms with E-state index in [-0.39, 0.29) is 23.4 Å². The van der Waals surface area contributed by atoms with Crippen LogP contribution in [0.25, 0.3) is 6.08 Å². The highest BCUT2D eigenvalue weighted by Gasteiger charge is 2.27. The lowest BCUT2D eigenvalue weighted by molar-refractivity contribution is -0.127. The highest BCUT2D eigenvalue weighted by atomic mass is 19.1. The summed E-state index contributed by atoms with van der Waals surface area (Å²) in [6.45, 7) is 1.11. The van der Waals surface area contributed by atoms with Crippen LogP contribution in [0.4, 0.5) is 4.39 Å². The number of carbonyl (C=O) groups is 2. The third-order valence-corrected chi connectivity index (χ3v) is 4.84. The zero-order valence-electron chi connectivity index (χ0n) is 15.2. The molecule has 0 atom stereocenters. The second kappa shape index (κ2) is 8.62. The van der Waals surface area contributed by atoms with Crippen molar-refractivity contribution in [2.24, 2.45) is 5.92 Å². The molecule has 27 heavy (non-hydrogen) atoms. The van der Waals surface area contributed by atoms with E-state index in [0.29, 0.717) is 31.5 Å². The van der Waals surface area contributed by atoms with Gasteiger partial charge in [0.25, 0.3) is 0 Å². The van der Waals surface area contributed by atoms with Crippen molar-refractivity contribution in [2.45, 2.75) is 12.8 Å². The average molecular weight is 367 g/mol. The fourth-order valence-electron chi connectivity index (χ4n) is 3.20. The minimum absolute atomic E-state index is 0.0662. The van der Waals surface area contributed by atoms with E-state index < -0.39 is 0 Å². The number of rotatable bonds is 5. The molecule has 5 heteroatoms. The van der Waals surface area contributed by atoms with Crippen LogP contribution in [0.3, 0.4) is 0 Å². The molecule has 1 amide bonds. The van der Waals surface area contributed by atoms with E-state index in [0.717, 1.165) is 11.3 Å². The summed E-state index contributed by atoms with van der Waals surface area (Å²) < 4.78 is 18.0. The molecule has 2 aromatic carbocycles. The highest BCUT2D eigenvalue weighted by molar-refractivity contribution is 5.98. The van der Waals surface area contributed by atoms with Gasteiger partial charge in [0.15, 0.2) is 5.78 Å². The van der Waals surface area contributed by atoms with Crippen molar-refractivity contribution >= 4 is 17.8 Å². The maximum Gasteiger partial charge on any atom is 0.246 e. The fraction of sp³-hybridized carbons (Fsp3) is 0.273. The van der Waals surface area contributed by atoms with Crippen molar-refractivity contribution in [1.29, 1.82) is 0 Å². The third-order valence-electron chi connectivity index (χ3n) is 4.84. The monoisotopic (exact) mass is 367 g/mol. The molecule has 0 aliphatic carbocycles. The van der Waals surface area contributed by atoms with E-state index in [4.69, 9.17) is 4.74 Å². The lowest BCUT2D eigenvalue weighted by atomic mass is 9.89. The lowest BCUT2D eigenvalue weighted by Crippen LogP contribution is -2.39. The van der Waals surface area contributed by atoms with Gasteiger partial charge in [0.1, 0.15) is 11.6 Å². The molecule has 140 valence electrons. The SMILES string of the molecule is COc1ccc(C(=O)C2CCN(C(=O)/C=C/c3ccc(F)cc3)CC2)cc1. The Morgan fingerprint density at radius 2 is 1.67 bits per heavy atom. The molecular weight excluding hydrogens is 345 g/mol. The Morgan fingerprint density at radius 1 is 1.04 bits per heavy atom. The topological polar surface area (TPSA) is 46.6 Å². The Morgan fingerprint density at radius 3 is 2.26 bits per heavy atom. The average Bonchev–Trinajstić information content (AvgIpc) is 2.73. The van der Waals surface area contributed by atoms with E-state index in [2.05, 4.69) is 0 Å². The zero-order chi connectivity index (χ0) is 19.2. The number of carbonyl (C=O) groups excluding carboxylic acids is 2. The van der Waals surface area contributed by atoms with Crippen molar-refractivity contribution in [3.8, 4) is 5.75 Å². The summed E-state index contributed by atoms with van der Waals surface area (Å²) in [5.41, 5.74) is 1.45. The summed E-state index contributed by atoms with van der Waals surface area (Å²) >= 11 is 0. The number of piperidine rings is 1. The molecule has 0 radical (unpaired) electrons. The van der Waals surface area contributed by atoms with Crippen LogP contribution in [0.5, 0.6) is 5.75 Å². The second-order valence-corrected chi connectivity index (χ2v) is 6.58. The van der Waals surface area contributed by atoms with Gasteiger partial charge in [-0.15, -0.1) is 0 Å². The minimum Gasteiger partial charge on any atom is -0.497 e. The van der Waals surface area contributed by atoms with Crippen LogP contribution in [-0.4, -0.2) is 36.8 Å². The number of Topliss-reactive ketones (excluding diaryl/α,β-unsaturated/α-hetero) is 1. The number of amides is 1. The molecule has 1 aliphatic heterocycles. The summed E-state index contributed by atoms with van der Waals surface area (Å²) in [4.78, 5) is 26.7. The molecule has 1 saturated heterocycles. The Labute approximate surface area is 158 Å². The van der Waals surface area contributed by atoms with Crippen LogP contribution in [-0.2, 0) is 4.79 Å². The quantitative estimate of drug-likeness (QED) is 0.593. The number of nitrogens with zero attached hydrogens (tertiary/aromatic N) is 1. The number of ether oxygens (including phenoxy) is 1. The molecule has 1 aliphatic rings. The van der Waals surface area contributed by atoms with Gasteiger partial charge >= 0.3 is 0 Å². The Hall–Kier alpha value is -2.95. The molecule has 2 aromatic rings. The van der Waals surface area contributed by atoms with Gasteiger partial charge in [0.05, 0.1) is 7.11 Å². The van der Waals surface area contributed by atoms with Crippen LogP contribution >= 0.6 is 0 Å². The number of hydrogen-bond acceptors (Lipinski definition) is 3. The van der Waals surface area contributed by atoms with E-state index in [1.54, 1.807) is 54.5 Å². The first kappa shape index (κ1) is 18.8. The Kier molecular flexibility index (Phi) is 6.01. The molecule has 3 rings (SSSR count). The number of methoxy groups -OCH3 is 1. The predicted molar refractivity (Wildman–Crippen MR) is 102 cm³/mol. The number of likely N-dealkylation sites (tertiary alicyclic amines) is 1. The largest absolute Gasteiger partial charge is 0.497 e. The smallest absolute Gasteiger partial charge is 0.246 e. The zero-order valence-corrected chi connectivity index (χ0v) is 15.2. The van der Waals surface area contributed by atoms with Gasteiger partial charge in [0, 0.05) is 30.6 Å². The molecule has 0 saturated carbocycles. The first-order valence-electron chi connectivity index (χ1n) is 8.97. The van der Waals surface area contributed by atoms with Crippen LogP contribution in [0, 0.1) is 11.7 Å². The van der Waals surface area contributed by atoms with E-state index in [1.807, 2.05) is 0 Å². The van der Waals surface area contributed by atoms with E-state index in [1.165, 1.54) is 18.2 Å². The molecule has 1 heterocycles. The number of ketones is 1. The first-order chi connectivity index (χ1) is 13.1. The lowest BCUT2D eigenvalue weighted by Gasteiger charge is -2.30. The number of hydrogen-bond donors (Lipinski definition) is 0. The van der Waals surface area contributed by atoms with Crippen molar-refractivity contribution in [3.63, 3.8) is 0 Å². The van der Waals surface area contributed by atoms with Gasteiger partial charge < -0.3 is 9.64 Å². The minimum atomic E-state index is -0.304. The van der Waals surface area contributed by atoms with Crippen molar-refractivity contribution < 1.29 is 18.7 Å². The molecule has 0 bridgehead atoms. The number of halogens is 1. The molecule has 0 unspecified atom stereocenters. The van der Waals surface area contributed by atoms with Crippen molar-refractivity contribution in [1.82, 2.24) is 4.90 Å². The molecule has 4 nitrogen and oxygen atoms in total. The van der Waals surface area contributed by atoms with E-state index in [9.17, 15) is 14.0 Å². The van der Waals surface area contributed by atoms with Gasteiger partial charge in [-0.3, -0.25) is 9.59 Å². The second-order valence-electron chi connectivity index (χ2n) is 6.58.